The van der Waals surface area contributed by atoms with Crippen molar-refractivity contribution in [3.63, 3.8) is 0 Å². The average molecular weight is 309 g/mol. The first-order valence-corrected chi connectivity index (χ1v) is 8.30. The molecule has 0 spiro atoms. The number of likely N-dealkylation sites (tertiary alicyclic amines) is 1. The van der Waals surface area contributed by atoms with E-state index in [1.54, 1.807) is 0 Å². The maximum Gasteiger partial charge on any atom is 0.223 e. The molecule has 1 heterocycles. The Morgan fingerprint density at radius 3 is 1.91 bits per heavy atom. The smallest absolute Gasteiger partial charge is 0.223 e. The first-order chi connectivity index (χ1) is 11.2. The predicted octanol–water partition coefficient (Wildman–Crippen LogP) is 3.19. The molecular formula is C20H23NO2. The normalized spacial score (nSPS) is 15.8. The van der Waals surface area contributed by atoms with Gasteiger partial charge in [0.05, 0.1) is 6.10 Å². The van der Waals surface area contributed by atoms with Crippen LogP contribution >= 0.6 is 0 Å². The van der Waals surface area contributed by atoms with Gasteiger partial charge in [-0.15, -0.1) is 0 Å². The van der Waals surface area contributed by atoms with Crippen molar-refractivity contribution in [2.75, 3.05) is 13.1 Å². The van der Waals surface area contributed by atoms with Crippen LogP contribution in [-0.2, 0) is 4.79 Å². The van der Waals surface area contributed by atoms with E-state index >= 15 is 0 Å². The summed E-state index contributed by atoms with van der Waals surface area (Å²) in [5.41, 5.74) is 2.34. The molecule has 1 amide bonds. The molecule has 2 aromatic rings. The van der Waals surface area contributed by atoms with E-state index in [-0.39, 0.29) is 17.9 Å². The summed E-state index contributed by atoms with van der Waals surface area (Å²) in [6.07, 6.45) is 1.60. The van der Waals surface area contributed by atoms with E-state index in [1.807, 2.05) is 41.3 Å². The van der Waals surface area contributed by atoms with E-state index < -0.39 is 0 Å². The van der Waals surface area contributed by atoms with Crippen LogP contribution < -0.4 is 0 Å². The monoisotopic (exact) mass is 309 g/mol. The van der Waals surface area contributed by atoms with E-state index in [0.717, 1.165) is 0 Å². The van der Waals surface area contributed by atoms with Crippen LogP contribution in [-0.4, -0.2) is 35.1 Å². The molecule has 0 atom stereocenters. The van der Waals surface area contributed by atoms with E-state index in [9.17, 15) is 9.90 Å². The number of carbonyl (C=O) groups excluding carboxylic acids is 1. The molecule has 1 saturated heterocycles. The minimum atomic E-state index is -0.252. The first-order valence-electron chi connectivity index (χ1n) is 8.30. The van der Waals surface area contributed by atoms with Gasteiger partial charge in [-0.2, -0.15) is 0 Å². The zero-order valence-corrected chi connectivity index (χ0v) is 13.3. The van der Waals surface area contributed by atoms with Gasteiger partial charge in [-0.25, -0.2) is 0 Å². The Morgan fingerprint density at radius 1 is 0.957 bits per heavy atom. The second-order valence-corrected chi connectivity index (χ2v) is 6.19. The molecule has 1 N–H and O–H groups in total. The molecule has 0 unspecified atom stereocenters. The molecule has 3 nitrogen and oxygen atoms in total. The molecule has 0 aromatic heterocycles. The Kier molecular flexibility index (Phi) is 5.09. The molecule has 23 heavy (non-hydrogen) atoms. The third-order valence-electron chi connectivity index (χ3n) is 4.60. The Bertz CT molecular complexity index is 579. The van der Waals surface area contributed by atoms with Crippen molar-refractivity contribution in [3.8, 4) is 0 Å². The van der Waals surface area contributed by atoms with Gasteiger partial charge in [-0.05, 0) is 24.0 Å². The summed E-state index contributed by atoms with van der Waals surface area (Å²) >= 11 is 0. The maximum absolute atomic E-state index is 12.7. The fourth-order valence-electron chi connectivity index (χ4n) is 3.22. The van der Waals surface area contributed by atoms with Gasteiger partial charge in [0.15, 0.2) is 0 Å². The lowest BCUT2D eigenvalue weighted by atomic mass is 9.88. The number of hydrogen-bond acceptors (Lipinski definition) is 2. The fraction of sp³-hybridized carbons (Fsp3) is 0.350. The summed E-state index contributed by atoms with van der Waals surface area (Å²) in [6.45, 7) is 1.33. The molecule has 1 aliphatic rings. The molecule has 0 saturated carbocycles. The second-order valence-electron chi connectivity index (χ2n) is 6.19. The quantitative estimate of drug-likeness (QED) is 0.942. The van der Waals surface area contributed by atoms with Crippen molar-refractivity contribution in [1.29, 1.82) is 0 Å². The topological polar surface area (TPSA) is 40.5 Å². The fourth-order valence-corrected chi connectivity index (χ4v) is 3.22. The van der Waals surface area contributed by atoms with Crippen molar-refractivity contribution >= 4 is 5.91 Å². The van der Waals surface area contributed by atoms with Crippen LogP contribution in [0.1, 0.15) is 36.3 Å². The van der Waals surface area contributed by atoms with Crippen molar-refractivity contribution in [2.24, 2.45) is 0 Å². The van der Waals surface area contributed by atoms with Crippen LogP contribution in [0.25, 0.3) is 0 Å². The highest BCUT2D eigenvalue weighted by atomic mass is 16.3. The molecule has 120 valence electrons. The van der Waals surface area contributed by atoms with E-state index in [0.29, 0.717) is 32.4 Å². The van der Waals surface area contributed by atoms with Gasteiger partial charge in [0.25, 0.3) is 0 Å². The maximum atomic E-state index is 12.7. The molecule has 1 fully saturated rings. The lowest BCUT2D eigenvalue weighted by Crippen LogP contribution is -2.40. The van der Waals surface area contributed by atoms with Crippen molar-refractivity contribution < 1.29 is 9.90 Å². The van der Waals surface area contributed by atoms with Gasteiger partial charge in [0, 0.05) is 25.4 Å². The number of nitrogens with zero attached hydrogens (tertiary/aromatic N) is 1. The second kappa shape index (κ2) is 7.42. The first kappa shape index (κ1) is 15.8. The Morgan fingerprint density at radius 2 is 1.43 bits per heavy atom. The van der Waals surface area contributed by atoms with E-state index in [2.05, 4.69) is 24.3 Å². The zero-order chi connectivity index (χ0) is 16.1. The number of aliphatic hydroxyl groups is 1. The summed E-state index contributed by atoms with van der Waals surface area (Å²) in [6, 6.07) is 20.4. The molecule has 0 aliphatic carbocycles. The third-order valence-corrected chi connectivity index (χ3v) is 4.60. The number of piperidine rings is 1. The minimum absolute atomic E-state index is 0.0803. The number of hydrogen-bond donors (Lipinski definition) is 1. The summed E-state index contributed by atoms with van der Waals surface area (Å²) in [5.74, 6) is 0.256. The molecular weight excluding hydrogens is 286 g/mol. The van der Waals surface area contributed by atoms with E-state index in [4.69, 9.17) is 0 Å². The molecule has 3 rings (SSSR count). The minimum Gasteiger partial charge on any atom is -0.393 e. The van der Waals surface area contributed by atoms with Gasteiger partial charge >= 0.3 is 0 Å². The van der Waals surface area contributed by atoms with Crippen molar-refractivity contribution in [2.45, 2.75) is 31.3 Å². The van der Waals surface area contributed by atoms with Crippen LogP contribution in [0.15, 0.2) is 60.7 Å². The number of amides is 1. The summed E-state index contributed by atoms with van der Waals surface area (Å²) in [4.78, 5) is 14.6. The lowest BCUT2D eigenvalue weighted by Gasteiger charge is -2.31. The molecule has 0 bridgehead atoms. The highest BCUT2D eigenvalue weighted by Crippen LogP contribution is 2.29. The van der Waals surface area contributed by atoms with Crippen LogP contribution in [0.3, 0.4) is 0 Å². The lowest BCUT2D eigenvalue weighted by molar-refractivity contribution is -0.133. The average Bonchev–Trinajstić information content (AvgIpc) is 2.61. The van der Waals surface area contributed by atoms with Gasteiger partial charge in [-0.3, -0.25) is 4.79 Å². The van der Waals surface area contributed by atoms with Crippen LogP contribution in [0.4, 0.5) is 0 Å². The van der Waals surface area contributed by atoms with E-state index in [1.165, 1.54) is 11.1 Å². The summed E-state index contributed by atoms with van der Waals surface area (Å²) in [5, 5.41) is 9.61. The molecule has 1 aliphatic heterocycles. The SMILES string of the molecule is O=C(CC(c1ccccc1)c1ccccc1)N1CCC(O)CC1. The predicted molar refractivity (Wildman–Crippen MR) is 91.2 cm³/mol. The Labute approximate surface area is 137 Å². The summed E-state index contributed by atoms with van der Waals surface area (Å²) in [7, 11) is 0. The number of benzene rings is 2. The Balaban J connectivity index is 1.78. The summed E-state index contributed by atoms with van der Waals surface area (Å²) < 4.78 is 0. The Hall–Kier alpha value is -2.13. The third kappa shape index (κ3) is 3.99. The van der Waals surface area contributed by atoms with Crippen LogP contribution in [0, 0.1) is 0 Å². The highest BCUT2D eigenvalue weighted by molar-refractivity contribution is 5.78. The largest absolute Gasteiger partial charge is 0.393 e. The van der Waals surface area contributed by atoms with Crippen LogP contribution in [0.2, 0.25) is 0 Å². The van der Waals surface area contributed by atoms with Gasteiger partial charge in [0.2, 0.25) is 5.91 Å². The van der Waals surface area contributed by atoms with Crippen LogP contribution in [0.5, 0.6) is 0 Å². The zero-order valence-electron chi connectivity index (χ0n) is 13.3. The molecule has 0 radical (unpaired) electrons. The van der Waals surface area contributed by atoms with Gasteiger partial charge < -0.3 is 10.0 Å². The standard InChI is InChI=1S/C20H23NO2/c22-18-11-13-21(14-12-18)20(23)15-19(16-7-3-1-4-8-16)17-9-5-2-6-10-17/h1-10,18-19,22H,11-15H2. The van der Waals surface area contributed by atoms with Gasteiger partial charge in [0.1, 0.15) is 0 Å². The molecule has 2 aromatic carbocycles. The van der Waals surface area contributed by atoms with Crippen molar-refractivity contribution in [1.82, 2.24) is 4.90 Å². The molecule has 3 heteroatoms. The highest BCUT2D eigenvalue weighted by Gasteiger charge is 2.25. The van der Waals surface area contributed by atoms with Gasteiger partial charge in [-0.1, -0.05) is 60.7 Å². The number of carbonyl (C=O) groups is 1. The van der Waals surface area contributed by atoms with Crippen molar-refractivity contribution in [3.05, 3.63) is 71.8 Å². The number of aliphatic hydroxyl groups excluding tert-OH is 1. The number of rotatable bonds is 4.